The molecule has 0 radical (unpaired) electrons. The highest BCUT2D eigenvalue weighted by Gasteiger charge is 2.21. The Hall–Kier alpha value is -1.60. The third kappa shape index (κ3) is 6.96. The lowest BCUT2D eigenvalue weighted by atomic mass is 10.0. The summed E-state index contributed by atoms with van der Waals surface area (Å²) in [4.78, 5) is 19.8. The van der Waals surface area contributed by atoms with E-state index in [1.54, 1.807) is 0 Å². The molecule has 0 saturated carbocycles. The minimum Gasteiger partial charge on any atom is -0.357 e. The molecule has 1 saturated heterocycles. The molecule has 2 rings (SSSR count). The van der Waals surface area contributed by atoms with Crippen LogP contribution in [0.15, 0.2) is 22.5 Å². The lowest BCUT2D eigenvalue weighted by Gasteiger charge is -2.35. The summed E-state index contributed by atoms with van der Waals surface area (Å²) in [5, 5.41) is 11.7. The van der Waals surface area contributed by atoms with Crippen molar-refractivity contribution < 1.29 is 4.79 Å². The first kappa shape index (κ1) is 20.7. The number of nitrogens with one attached hydrogen (secondary N) is 3. The molecule has 26 heavy (non-hydrogen) atoms. The molecule has 1 aromatic rings. The zero-order chi connectivity index (χ0) is 18.8. The minimum atomic E-state index is 0.00548. The topological polar surface area (TPSA) is 68.8 Å². The second kappa shape index (κ2) is 11.2. The van der Waals surface area contributed by atoms with Crippen LogP contribution in [0.2, 0.25) is 0 Å². The Morgan fingerprint density at radius 1 is 1.35 bits per heavy atom. The van der Waals surface area contributed by atoms with E-state index < -0.39 is 0 Å². The molecular weight excluding hydrogens is 346 g/mol. The van der Waals surface area contributed by atoms with Gasteiger partial charge < -0.3 is 20.9 Å². The summed E-state index contributed by atoms with van der Waals surface area (Å²) in [6.45, 7) is 11.1. The van der Waals surface area contributed by atoms with Crippen molar-refractivity contribution in [1.82, 2.24) is 20.9 Å². The van der Waals surface area contributed by atoms with Crippen LogP contribution in [-0.2, 0) is 0 Å². The summed E-state index contributed by atoms with van der Waals surface area (Å²) >= 11 is 1.46. The maximum absolute atomic E-state index is 11.9. The van der Waals surface area contributed by atoms with Gasteiger partial charge >= 0.3 is 0 Å². The van der Waals surface area contributed by atoms with E-state index in [4.69, 9.17) is 0 Å². The number of hydrogen-bond donors (Lipinski definition) is 3. The Kier molecular flexibility index (Phi) is 8.91. The molecular formula is C19H33N5OS. The molecule has 146 valence electrons. The fraction of sp³-hybridized carbons (Fsp3) is 0.684. The number of hydrogen-bond acceptors (Lipinski definition) is 4. The van der Waals surface area contributed by atoms with Gasteiger partial charge in [-0.2, -0.15) is 0 Å². The molecule has 3 N–H and O–H groups in total. The molecule has 7 heteroatoms. The first-order valence-corrected chi connectivity index (χ1v) is 10.6. The Balaban J connectivity index is 1.68. The fourth-order valence-electron chi connectivity index (χ4n) is 3.04. The Morgan fingerprint density at radius 3 is 2.73 bits per heavy atom. The number of aliphatic imine (C=N–C) groups is 1. The summed E-state index contributed by atoms with van der Waals surface area (Å²) < 4.78 is 0. The first-order valence-electron chi connectivity index (χ1n) is 9.70. The predicted molar refractivity (Wildman–Crippen MR) is 110 cm³/mol. The number of piperidine rings is 1. The van der Waals surface area contributed by atoms with Gasteiger partial charge in [-0.15, -0.1) is 11.3 Å². The number of thiophene rings is 1. The molecule has 0 unspecified atom stereocenters. The van der Waals surface area contributed by atoms with Crippen molar-refractivity contribution in [1.29, 1.82) is 0 Å². The van der Waals surface area contributed by atoms with Gasteiger partial charge in [-0.1, -0.05) is 6.07 Å². The van der Waals surface area contributed by atoms with Crippen molar-refractivity contribution in [2.75, 3.05) is 32.7 Å². The monoisotopic (exact) mass is 379 g/mol. The Bertz CT molecular complexity index is 550. The summed E-state index contributed by atoms with van der Waals surface area (Å²) in [6, 6.07) is 4.85. The van der Waals surface area contributed by atoms with E-state index in [-0.39, 0.29) is 5.91 Å². The highest BCUT2D eigenvalue weighted by atomic mass is 32.1. The number of guanidine groups is 1. The SMILES string of the molecule is CCNC(=NCCCNC(=O)c1cccs1)NC1CCN(C(C)C)CC1. The average Bonchev–Trinajstić information content (AvgIpc) is 3.16. The quantitative estimate of drug-likeness (QED) is 0.368. The van der Waals surface area contributed by atoms with Crippen LogP contribution in [0.4, 0.5) is 0 Å². The van der Waals surface area contributed by atoms with Gasteiger partial charge in [0.2, 0.25) is 0 Å². The van der Waals surface area contributed by atoms with Gasteiger partial charge in [-0.3, -0.25) is 9.79 Å². The third-order valence-corrected chi connectivity index (χ3v) is 5.45. The van der Waals surface area contributed by atoms with E-state index in [9.17, 15) is 4.79 Å². The van der Waals surface area contributed by atoms with Crippen molar-refractivity contribution in [2.45, 2.75) is 52.1 Å². The minimum absolute atomic E-state index is 0.00548. The average molecular weight is 380 g/mol. The number of rotatable bonds is 8. The summed E-state index contributed by atoms with van der Waals surface area (Å²) in [5.74, 6) is 0.894. The van der Waals surface area contributed by atoms with Gasteiger partial charge in [0, 0.05) is 44.8 Å². The van der Waals surface area contributed by atoms with E-state index in [0.717, 1.165) is 49.7 Å². The lowest BCUT2D eigenvalue weighted by molar-refractivity contribution is 0.0957. The van der Waals surface area contributed by atoms with E-state index >= 15 is 0 Å². The number of nitrogens with zero attached hydrogens (tertiary/aromatic N) is 2. The highest BCUT2D eigenvalue weighted by molar-refractivity contribution is 7.12. The number of carbonyl (C=O) groups is 1. The molecule has 0 atom stereocenters. The fourth-order valence-corrected chi connectivity index (χ4v) is 3.68. The second-order valence-corrected chi connectivity index (χ2v) is 7.84. The van der Waals surface area contributed by atoms with Crippen LogP contribution in [0.5, 0.6) is 0 Å². The molecule has 0 aromatic carbocycles. The van der Waals surface area contributed by atoms with Crippen LogP contribution in [0.25, 0.3) is 0 Å². The molecule has 0 spiro atoms. The normalized spacial score (nSPS) is 16.7. The van der Waals surface area contributed by atoms with Gasteiger partial charge in [-0.05, 0) is 51.5 Å². The maximum atomic E-state index is 11.9. The molecule has 0 bridgehead atoms. The van der Waals surface area contributed by atoms with Gasteiger partial charge in [0.1, 0.15) is 0 Å². The molecule has 1 amide bonds. The van der Waals surface area contributed by atoms with Crippen molar-refractivity contribution in [3.05, 3.63) is 22.4 Å². The molecule has 6 nitrogen and oxygen atoms in total. The number of carbonyl (C=O) groups excluding carboxylic acids is 1. The maximum Gasteiger partial charge on any atom is 0.261 e. The van der Waals surface area contributed by atoms with Crippen molar-refractivity contribution >= 4 is 23.2 Å². The van der Waals surface area contributed by atoms with E-state index in [0.29, 0.717) is 25.2 Å². The van der Waals surface area contributed by atoms with Crippen LogP contribution in [0, 0.1) is 0 Å². The van der Waals surface area contributed by atoms with Crippen LogP contribution < -0.4 is 16.0 Å². The summed E-state index contributed by atoms with van der Waals surface area (Å²) in [6.07, 6.45) is 3.14. The summed E-state index contributed by atoms with van der Waals surface area (Å²) in [5.41, 5.74) is 0. The molecule has 2 heterocycles. The van der Waals surface area contributed by atoms with Gasteiger partial charge in [-0.25, -0.2) is 0 Å². The van der Waals surface area contributed by atoms with Crippen LogP contribution >= 0.6 is 11.3 Å². The van der Waals surface area contributed by atoms with E-state index in [1.807, 2.05) is 17.5 Å². The molecule has 1 aliphatic heterocycles. The Morgan fingerprint density at radius 2 is 2.12 bits per heavy atom. The second-order valence-electron chi connectivity index (χ2n) is 6.90. The van der Waals surface area contributed by atoms with Gasteiger partial charge in [0.15, 0.2) is 5.96 Å². The molecule has 1 aliphatic rings. The third-order valence-electron chi connectivity index (χ3n) is 4.58. The van der Waals surface area contributed by atoms with Crippen molar-refractivity contribution in [3.63, 3.8) is 0 Å². The van der Waals surface area contributed by atoms with Crippen molar-refractivity contribution in [2.24, 2.45) is 4.99 Å². The number of likely N-dealkylation sites (tertiary alicyclic amines) is 1. The van der Waals surface area contributed by atoms with Gasteiger partial charge in [0.25, 0.3) is 5.91 Å². The molecule has 0 aliphatic carbocycles. The van der Waals surface area contributed by atoms with Crippen LogP contribution in [0.3, 0.4) is 0 Å². The van der Waals surface area contributed by atoms with Crippen LogP contribution in [-0.4, -0.2) is 61.6 Å². The zero-order valence-electron chi connectivity index (χ0n) is 16.3. The highest BCUT2D eigenvalue weighted by Crippen LogP contribution is 2.12. The zero-order valence-corrected chi connectivity index (χ0v) is 17.1. The molecule has 1 fully saturated rings. The predicted octanol–water partition coefficient (Wildman–Crippen LogP) is 2.30. The van der Waals surface area contributed by atoms with Crippen LogP contribution in [0.1, 0.15) is 49.7 Å². The summed E-state index contributed by atoms with van der Waals surface area (Å²) in [7, 11) is 0. The van der Waals surface area contributed by atoms with E-state index in [1.165, 1.54) is 11.3 Å². The van der Waals surface area contributed by atoms with Gasteiger partial charge in [0.05, 0.1) is 4.88 Å². The molecule has 1 aromatic heterocycles. The number of amides is 1. The van der Waals surface area contributed by atoms with Crippen molar-refractivity contribution in [3.8, 4) is 0 Å². The smallest absolute Gasteiger partial charge is 0.261 e. The Labute approximate surface area is 161 Å². The first-order chi connectivity index (χ1) is 12.6. The lowest BCUT2D eigenvalue weighted by Crippen LogP contribution is -2.49. The standard InChI is InChI=1S/C19H33N5OS/c1-4-20-19(23-16-8-12-24(13-9-16)15(2)3)22-11-6-10-21-18(25)17-7-5-14-26-17/h5,7,14-16H,4,6,8-13H2,1-3H3,(H,21,25)(H2,20,22,23). The largest absolute Gasteiger partial charge is 0.357 e. The van der Waals surface area contributed by atoms with E-state index in [2.05, 4.69) is 46.6 Å².